The summed E-state index contributed by atoms with van der Waals surface area (Å²) in [4.78, 5) is 13.6. The van der Waals surface area contributed by atoms with Crippen LogP contribution in [-0.2, 0) is 4.79 Å². The van der Waals surface area contributed by atoms with Gasteiger partial charge in [0.2, 0.25) is 0 Å². The van der Waals surface area contributed by atoms with Crippen molar-refractivity contribution in [3.63, 3.8) is 0 Å². The van der Waals surface area contributed by atoms with Crippen LogP contribution < -0.4 is 0 Å². The number of aliphatic hydroxyl groups is 1. The molecule has 1 heterocycles. The molecule has 0 aromatic heterocycles. The van der Waals surface area contributed by atoms with E-state index < -0.39 is 17.8 Å². The lowest BCUT2D eigenvalue weighted by molar-refractivity contribution is -0.146. The van der Waals surface area contributed by atoms with Crippen molar-refractivity contribution < 1.29 is 19.4 Å². The molecule has 1 aromatic rings. The third-order valence-corrected chi connectivity index (χ3v) is 5.46. The third-order valence-electron chi connectivity index (χ3n) is 5.46. The van der Waals surface area contributed by atoms with E-state index in [2.05, 4.69) is 0 Å². The van der Waals surface area contributed by atoms with Crippen LogP contribution in [0.5, 0.6) is 0 Å². The number of carboxylic acids is 1. The van der Waals surface area contributed by atoms with Crippen LogP contribution in [-0.4, -0.2) is 40.3 Å². The molecule has 23 heavy (non-hydrogen) atoms. The quantitative estimate of drug-likeness (QED) is 0.895. The van der Waals surface area contributed by atoms with Gasteiger partial charge in [-0.05, 0) is 18.4 Å². The number of likely N-dealkylation sites (tertiary alicyclic amines) is 1. The first-order valence-corrected chi connectivity index (χ1v) is 8.47. The molecule has 126 valence electrons. The maximum Gasteiger partial charge on any atom is 0.325 e. The van der Waals surface area contributed by atoms with E-state index in [9.17, 15) is 19.4 Å². The molecule has 1 aromatic carbocycles. The van der Waals surface area contributed by atoms with Crippen molar-refractivity contribution in [2.75, 3.05) is 13.1 Å². The largest absolute Gasteiger partial charge is 0.480 e. The number of aliphatic carboxylic acids is 1. The Morgan fingerprint density at radius 1 is 1.22 bits per heavy atom. The summed E-state index contributed by atoms with van der Waals surface area (Å²) in [7, 11) is 0. The molecular formula is C18H24FNO3. The molecule has 2 N–H and O–H groups in total. The van der Waals surface area contributed by atoms with Crippen molar-refractivity contribution in [1.29, 1.82) is 0 Å². The summed E-state index contributed by atoms with van der Waals surface area (Å²) >= 11 is 0. The minimum Gasteiger partial charge on any atom is -0.480 e. The first-order chi connectivity index (χ1) is 11.1. The smallest absolute Gasteiger partial charge is 0.325 e. The van der Waals surface area contributed by atoms with Crippen LogP contribution in [0.3, 0.4) is 0 Å². The molecule has 1 saturated heterocycles. The Morgan fingerprint density at radius 2 is 1.91 bits per heavy atom. The molecule has 0 bridgehead atoms. The highest BCUT2D eigenvalue weighted by Gasteiger charge is 2.39. The molecule has 2 fully saturated rings. The van der Waals surface area contributed by atoms with E-state index in [1.54, 1.807) is 18.2 Å². The summed E-state index contributed by atoms with van der Waals surface area (Å²) in [6.45, 7) is 1.01. The molecule has 5 heteroatoms. The standard InChI is InChI=1S/C18H24FNO3/c19-15-8-4-3-7-13(15)17(18(22)23)20-10-9-16(21)14(11-20)12-5-1-2-6-12/h3-4,7-8,12,14,16-17,21H,1-2,5-6,9-11H2,(H,22,23)/t14-,16+,17?/m0/s1. The van der Waals surface area contributed by atoms with Gasteiger partial charge in [0, 0.05) is 24.6 Å². The van der Waals surface area contributed by atoms with E-state index in [0.29, 0.717) is 25.4 Å². The number of nitrogens with zero attached hydrogens (tertiary/aromatic N) is 1. The Bertz CT molecular complexity index is 559. The van der Waals surface area contributed by atoms with Gasteiger partial charge in [0.1, 0.15) is 11.9 Å². The molecule has 3 rings (SSSR count). The summed E-state index contributed by atoms with van der Waals surface area (Å²) in [5, 5.41) is 20.0. The number of hydrogen-bond donors (Lipinski definition) is 2. The lowest BCUT2D eigenvalue weighted by Crippen LogP contribution is -2.48. The van der Waals surface area contributed by atoms with Gasteiger partial charge in [0.25, 0.3) is 0 Å². The van der Waals surface area contributed by atoms with Gasteiger partial charge in [-0.3, -0.25) is 9.69 Å². The fraction of sp³-hybridized carbons (Fsp3) is 0.611. The summed E-state index contributed by atoms with van der Waals surface area (Å²) < 4.78 is 14.1. The van der Waals surface area contributed by atoms with Crippen molar-refractivity contribution in [3.8, 4) is 0 Å². The van der Waals surface area contributed by atoms with Crippen LogP contribution in [0.1, 0.15) is 43.7 Å². The Morgan fingerprint density at radius 3 is 2.57 bits per heavy atom. The predicted molar refractivity (Wildman–Crippen MR) is 84.4 cm³/mol. The number of benzene rings is 1. The molecule has 0 spiro atoms. The van der Waals surface area contributed by atoms with Gasteiger partial charge in [0.05, 0.1) is 6.10 Å². The Labute approximate surface area is 135 Å². The highest BCUT2D eigenvalue weighted by molar-refractivity contribution is 5.75. The van der Waals surface area contributed by atoms with Gasteiger partial charge in [-0.15, -0.1) is 0 Å². The second kappa shape index (κ2) is 6.97. The molecule has 0 radical (unpaired) electrons. The normalized spacial score (nSPS) is 27.9. The van der Waals surface area contributed by atoms with Gasteiger partial charge >= 0.3 is 5.97 Å². The highest BCUT2D eigenvalue weighted by atomic mass is 19.1. The summed E-state index contributed by atoms with van der Waals surface area (Å²) in [5.41, 5.74) is 0.210. The number of halogens is 1. The maximum atomic E-state index is 14.1. The van der Waals surface area contributed by atoms with Crippen molar-refractivity contribution in [3.05, 3.63) is 35.6 Å². The van der Waals surface area contributed by atoms with E-state index in [1.807, 2.05) is 4.90 Å². The van der Waals surface area contributed by atoms with Crippen LogP contribution in [0.25, 0.3) is 0 Å². The number of piperidine rings is 1. The van der Waals surface area contributed by atoms with Crippen LogP contribution in [0, 0.1) is 17.7 Å². The zero-order valence-electron chi connectivity index (χ0n) is 13.2. The predicted octanol–water partition coefficient (Wildman–Crippen LogP) is 2.82. The second-order valence-electron chi connectivity index (χ2n) is 6.82. The maximum absolute atomic E-state index is 14.1. The van der Waals surface area contributed by atoms with Gasteiger partial charge in [-0.25, -0.2) is 4.39 Å². The van der Waals surface area contributed by atoms with Gasteiger partial charge in [-0.1, -0.05) is 43.9 Å². The average Bonchev–Trinajstić information content (AvgIpc) is 3.05. The minimum atomic E-state index is -1.03. The summed E-state index contributed by atoms with van der Waals surface area (Å²) in [6, 6.07) is 5.11. The zero-order valence-corrected chi connectivity index (χ0v) is 13.2. The van der Waals surface area contributed by atoms with E-state index in [-0.39, 0.29) is 17.6 Å². The van der Waals surface area contributed by atoms with E-state index in [1.165, 1.54) is 18.9 Å². The topological polar surface area (TPSA) is 60.8 Å². The SMILES string of the molecule is O=C(O)C(c1ccccc1F)N1CC[C@@H](O)[C@H](C2CCCC2)C1. The third kappa shape index (κ3) is 3.40. The molecule has 0 amide bonds. The molecule has 2 aliphatic rings. The number of carboxylic acid groups (broad SMARTS) is 1. The number of rotatable bonds is 4. The van der Waals surface area contributed by atoms with Crippen LogP contribution >= 0.6 is 0 Å². The summed E-state index contributed by atoms with van der Waals surface area (Å²) in [6.07, 6.45) is 4.76. The monoisotopic (exact) mass is 321 g/mol. The van der Waals surface area contributed by atoms with Crippen LogP contribution in [0.2, 0.25) is 0 Å². The first kappa shape index (κ1) is 16.4. The van der Waals surface area contributed by atoms with E-state index in [4.69, 9.17) is 0 Å². The fourth-order valence-corrected chi connectivity index (χ4v) is 4.26. The Balaban J connectivity index is 1.82. The highest BCUT2D eigenvalue weighted by Crippen LogP contribution is 2.38. The number of hydrogen-bond acceptors (Lipinski definition) is 3. The zero-order chi connectivity index (χ0) is 16.4. The Hall–Kier alpha value is -1.46. The van der Waals surface area contributed by atoms with E-state index >= 15 is 0 Å². The van der Waals surface area contributed by atoms with Crippen molar-refractivity contribution >= 4 is 5.97 Å². The molecule has 1 saturated carbocycles. The lowest BCUT2D eigenvalue weighted by Gasteiger charge is -2.41. The number of aliphatic hydroxyl groups excluding tert-OH is 1. The first-order valence-electron chi connectivity index (χ1n) is 8.47. The number of carbonyl (C=O) groups is 1. The van der Waals surface area contributed by atoms with Gasteiger partial charge in [-0.2, -0.15) is 0 Å². The van der Waals surface area contributed by atoms with Gasteiger partial charge in [0.15, 0.2) is 0 Å². The summed E-state index contributed by atoms with van der Waals surface area (Å²) in [5.74, 6) is -0.956. The average molecular weight is 321 g/mol. The molecule has 4 nitrogen and oxygen atoms in total. The molecule has 1 aliphatic carbocycles. The second-order valence-corrected chi connectivity index (χ2v) is 6.82. The fourth-order valence-electron chi connectivity index (χ4n) is 4.26. The van der Waals surface area contributed by atoms with Crippen molar-refractivity contribution in [2.24, 2.45) is 11.8 Å². The molecule has 3 atom stereocenters. The van der Waals surface area contributed by atoms with Crippen molar-refractivity contribution in [1.82, 2.24) is 4.90 Å². The van der Waals surface area contributed by atoms with Crippen LogP contribution in [0.15, 0.2) is 24.3 Å². The molecule has 1 aliphatic heterocycles. The molecular weight excluding hydrogens is 297 g/mol. The van der Waals surface area contributed by atoms with E-state index in [0.717, 1.165) is 12.8 Å². The Kier molecular flexibility index (Phi) is 4.97. The molecule has 1 unspecified atom stereocenters. The van der Waals surface area contributed by atoms with Gasteiger partial charge < -0.3 is 10.2 Å². The minimum absolute atomic E-state index is 0.0971. The van der Waals surface area contributed by atoms with Crippen LogP contribution in [0.4, 0.5) is 4.39 Å². The van der Waals surface area contributed by atoms with Crippen molar-refractivity contribution in [2.45, 2.75) is 44.2 Å². The lowest BCUT2D eigenvalue weighted by atomic mass is 9.81.